The SMILES string of the molecule is C#CCNC(=O)C(C)Nc1c(Cl)cc(F)cc1Br. The van der Waals surface area contributed by atoms with Crippen molar-refractivity contribution in [3.8, 4) is 12.3 Å². The van der Waals surface area contributed by atoms with Gasteiger partial charge in [0.05, 0.1) is 17.3 Å². The molecule has 6 heteroatoms. The van der Waals surface area contributed by atoms with Gasteiger partial charge < -0.3 is 10.6 Å². The third-order valence-electron chi connectivity index (χ3n) is 2.13. The van der Waals surface area contributed by atoms with E-state index in [0.29, 0.717) is 10.2 Å². The summed E-state index contributed by atoms with van der Waals surface area (Å²) in [5.74, 6) is 1.58. The minimum atomic E-state index is -0.544. The van der Waals surface area contributed by atoms with Crippen molar-refractivity contribution in [1.82, 2.24) is 5.32 Å². The number of rotatable bonds is 4. The molecule has 1 aromatic carbocycles. The molecule has 0 aliphatic carbocycles. The summed E-state index contributed by atoms with van der Waals surface area (Å²) in [6.45, 7) is 1.81. The van der Waals surface area contributed by atoms with Gasteiger partial charge >= 0.3 is 0 Å². The second kappa shape index (κ2) is 6.62. The highest BCUT2D eigenvalue weighted by Crippen LogP contribution is 2.32. The number of anilines is 1. The molecule has 0 saturated heterocycles. The van der Waals surface area contributed by atoms with E-state index >= 15 is 0 Å². The zero-order valence-electron chi connectivity index (χ0n) is 9.56. The molecule has 0 aromatic heterocycles. The van der Waals surface area contributed by atoms with E-state index < -0.39 is 11.9 Å². The summed E-state index contributed by atoms with van der Waals surface area (Å²) in [6.07, 6.45) is 5.04. The van der Waals surface area contributed by atoms with Crippen molar-refractivity contribution in [2.24, 2.45) is 0 Å². The number of halogens is 3. The van der Waals surface area contributed by atoms with Crippen LogP contribution in [0.1, 0.15) is 6.92 Å². The maximum Gasteiger partial charge on any atom is 0.242 e. The van der Waals surface area contributed by atoms with Crippen LogP contribution >= 0.6 is 27.5 Å². The smallest absolute Gasteiger partial charge is 0.242 e. The second-order valence-corrected chi connectivity index (χ2v) is 4.79. The fraction of sp³-hybridized carbons (Fsp3) is 0.250. The summed E-state index contributed by atoms with van der Waals surface area (Å²) in [5.41, 5.74) is 0.460. The number of benzene rings is 1. The molecule has 0 fully saturated rings. The van der Waals surface area contributed by atoms with E-state index in [2.05, 4.69) is 32.5 Å². The van der Waals surface area contributed by atoms with E-state index in [9.17, 15) is 9.18 Å². The first-order chi connectivity index (χ1) is 8.45. The first kappa shape index (κ1) is 14.8. The Kier molecular flexibility index (Phi) is 5.45. The first-order valence-corrected chi connectivity index (χ1v) is 6.25. The molecule has 0 heterocycles. The maximum absolute atomic E-state index is 13.0. The third-order valence-corrected chi connectivity index (χ3v) is 3.05. The summed E-state index contributed by atoms with van der Waals surface area (Å²) in [5, 5.41) is 5.61. The monoisotopic (exact) mass is 332 g/mol. The number of carbonyl (C=O) groups is 1. The van der Waals surface area contributed by atoms with Crippen LogP contribution in [0.25, 0.3) is 0 Å². The Morgan fingerprint density at radius 2 is 2.33 bits per heavy atom. The number of amides is 1. The standard InChI is InChI=1S/C12H11BrClFN2O/c1-3-4-16-12(18)7(2)17-11-9(13)5-8(15)6-10(11)14/h1,5-7,17H,4H2,2H3,(H,16,18). The van der Waals surface area contributed by atoms with Gasteiger partial charge in [-0.05, 0) is 35.0 Å². The summed E-state index contributed by atoms with van der Waals surface area (Å²) >= 11 is 9.07. The maximum atomic E-state index is 13.0. The lowest BCUT2D eigenvalue weighted by Gasteiger charge is -2.16. The highest BCUT2D eigenvalue weighted by molar-refractivity contribution is 9.10. The molecule has 0 radical (unpaired) electrons. The molecule has 0 bridgehead atoms. The Hall–Kier alpha value is -1.25. The van der Waals surface area contributed by atoms with Crippen LogP contribution in [0.3, 0.4) is 0 Å². The Bertz CT molecular complexity index is 478. The third kappa shape index (κ3) is 3.90. The van der Waals surface area contributed by atoms with Crippen LogP contribution in [-0.2, 0) is 4.79 Å². The number of hydrogen-bond acceptors (Lipinski definition) is 2. The average molecular weight is 334 g/mol. The van der Waals surface area contributed by atoms with Crippen molar-refractivity contribution in [3.05, 3.63) is 27.4 Å². The molecule has 1 unspecified atom stereocenters. The number of nitrogens with one attached hydrogen (secondary N) is 2. The first-order valence-electron chi connectivity index (χ1n) is 5.08. The van der Waals surface area contributed by atoms with E-state index in [1.165, 1.54) is 12.1 Å². The van der Waals surface area contributed by atoms with Gasteiger partial charge in [-0.2, -0.15) is 0 Å². The van der Waals surface area contributed by atoms with Crippen molar-refractivity contribution >= 4 is 39.1 Å². The van der Waals surface area contributed by atoms with E-state index in [0.717, 1.165) is 0 Å². The molecule has 18 heavy (non-hydrogen) atoms. The van der Waals surface area contributed by atoms with Gasteiger partial charge in [0, 0.05) is 4.47 Å². The van der Waals surface area contributed by atoms with Crippen LogP contribution < -0.4 is 10.6 Å². The largest absolute Gasteiger partial charge is 0.372 e. The van der Waals surface area contributed by atoms with Gasteiger partial charge in [-0.25, -0.2) is 4.39 Å². The summed E-state index contributed by atoms with van der Waals surface area (Å²) < 4.78 is 13.5. The van der Waals surface area contributed by atoms with Crippen molar-refractivity contribution in [3.63, 3.8) is 0 Å². The lowest BCUT2D eigenvalue weighted by molar-refractivity contribution is -0.121. The molecule has 0 saturated carbocycles. The summed E-state index contributed by atoms with van der Waals surface area (Å²) in [4.78, 5) is 11.6. The van der Waals surface area contributed by atoms with Gasteiger partial charge in [0.25, 0.3) is 0 Å². The van der Waals surface area contributed by atoms with E-state index in [1.807, 2.05) is 0 Å². The fourth-order valence-corrected chi connectivity index (χ4v) is 2.17. The Morgan fingerprint density at radius 1 is 1.67 bits per heavy atom. The lowest BCUT2D eigenvalue weighted by Crippen LogP contribution is -2.37. The summed E-state index contributed by atoms with van der Waals surface area (Å²) in [6, 6.07) is 1.89. The Balaban J connectivity index is 2.79. The van der Waals surface area contributed by atoms with Crippen molar-refractivity contribution in [2.75, 3.05) is 11.9 Å². The number of hydrogen-bond donors (Lipinski definition) is 2. The van der Waals surface area contributed by atoms with Crippen LogP contribution in [0.2, 0.25) is 5.02 Å². The molecule has 0 aliphatic heterocycles. The van der Waals surface area contributed by atoms with Gasteiger partial charge in [-0.15, -0.1) is 6.42 Å². The predicted molar refractivity (Wildman–Crippen MR) is 74.0 cm³/mol. The average Bonchev–Trinajstić information content (AvgIpc) is 2.30. The Labute approximate surface area is 118 Å². The van der Waals surface area contributed by atoms with Crippen LogP contribution in [0.4, 0.5) is 10.1 Å². The molecule has 1 atom stereocenters. The molecule has 2 N–H and O–H groups in total. The van der Waals surface area contributed by atoms with Crippen LogP contribution in [0.15, 0.2) is 16.6 Å². The molecular weight excluding hydrogens is 322 g/mol. The Morgan fingerprint density at radius 3 is 2.89 bits per heavy atom. The van der Waals surface area contributed by atoms with Gasteiger partial charge in [0.1, 0.15) is 11.9 Å². The second-order valence-electron chi connectivity index (χ2n) is 3.53. The molecule has 1 rings (SSSR count). The fourth-order valence-electron chi connectivity index (χ4n) is 1.25. The number of carbonyl (C=O) groups excluding carboxylic acids is 1. The zero-order chi connectivity index (χ0) is 13.7. The number of terminal acetylenes is 1. The topological polar surface area (TPSA) is 41.1 Å². The minimum absolute atomic E-state index is 0.156. The normalized spacial score (nSPS) is 11.5. The lowest BCUT2D eigenvalue weighted by atomic mass is 10.2. The molecule has 1 amide bonds. The predicted octanol–water partition coefficient (Wildman–Crippen LogP) is 2.79. The minimum Gasteiger partial charge on any atom is -0.372 e. The highest BCUT2D eigenvalue weighted by Gasteiger charge is 2.15. The highest BCUT2D eigenvalue weighted by atomic mass is 79.9. The van der Waals surface area contributed by atoms with Crippen molar-refractivity contribution in [2.45, 2.75) is 13.0 Å². The molecule has 0 spiro atoms. The van der Waals surface area contributed by atoms with Gasteiger partial charge in [-0.3, -0.25) is 4.79 Å². The van der Waals surface area contributed by atoms with Crippen molar-refractivity contribution < 1.29 is 9.18 Å². The van der Waals surface area contributed by atoms with Gasteiger partial charge in [-0.1, -0.05) is 17.5 Å². The van der Waals surface area contributed by atoms with Gasteiger partial charge in [0.15, 0.2) is 0 Å². The van der Waals surface area contributed by atoms with Crippen molar-refractivity contribution in [1.29, 1.82) is 0 Å². The zero-order valence-corrected chi connectivity index (χ0v) is 11.9. The van der Waals surface area contributed by atoms with Crippen LogP contribution in [-0.4, -0.2) is 18.5 Å². The quantitative estimate of drug-likeness (QED) is 0.832. The van der Waals surface area contributed by atoms with Crippen LogP contribution in [0.5, 0.6) is 0 Å². The molecular formula is C12H11BrClFN2O. The van der Waals surface area contributed by atoms with Crippen LogP contribution in [0, 0.1) is 18.2 Å². The molecule has 3 nitrogen and oxygen atoms in total. The molecule has 96 valence electrons. The summed E-state index contributed by atoms with van der Waals surface area (Å²) in [7, 11) is 0. The van der Waals surface area contributed by atoms with E-state index in [-0.39, 0.29) is 17.5 Å². The molecule has 0 aliphatic rings. The molecule has 1 aromatic rings. The van der Waals surface area contributed by atoms with Gasteiger partial charge in [0.2, 0.25) is 5.91 Å². The van der Waals surface area contributed by atoms with E-state index in [1.54, 1.807) is 6.92 Å². The van der Waals surface area contributed by atoms with E-state index in [4.69, 9.17) is 18.0 Å².